The molecule has 3 heterocycles. The molecule has 1 fully saturated rings. The summed E-state index contributed by atoms with van der Waals surface area (Å²) in [6.07, 6.45) is 5.92. The monoisotopic (exact) mass is 496 g/mol. The Hall–Kier alpha value is -3.11. The van der Waals surface area contributed by atoms with E-state index in [1.807, 2.05) is 30.3 Å². The Bertz CT molecular complexity index is 1200. The normalized spacial score (nSPS) is 15.4. The van der Waals surface area contributed by atoms with Gasteiger partial charge in [-0.05, 0) is 24.2 Å². The summed E-state index contributed by atoms with van der Waals surface area (Å²) in [5.74, 6) is 0.972. The number of halogens is 1. The Balaban J connectivity index is 1.42. The first-order chi connectivity index (χ1) is 16.5. The molecule has 2 aromatic heterocycles. The highest BCUT2D eigenvalue weighted by molar-refractivity contribution is 6.74. The largest absolute Gasteiger partial charge is 0.412 e. The van der Waals surface area contributed by atoms with Gasteiger partial charge in [-0.1, -0.05) is 44.1 Å². The van der Waals surface area contributed by atoms with E-state index in [1.54, 1.807) is 29.2 Å². The highest BCUT2D eigenvalue weighted by atomic mass is 28.4. The van der Waals surface area contributed by atoms with Crippen molar-refractivity contribution in [2.45, 2.75) is 58.5 Å². The van der Waals surface area contributed by atoms with Gasteiger partial charge in [-0.25, -0.2) is 14.4 Å². The van der Waals surface area contributed by atoms with Crippen molar-refractivity contribution >= 4 is 20.1 Å². The maximum atomic E-state index is 15.3. The minimum absolute atomic E-state index is 0.0627. The third kappa shape index (κ3) is 5.59. The zero-order chi connectivity index (χ0) is 25.2. The first kappa shape index (κ1) is 25.0. The van der Waals surface area contributed by atoms with Crippen molar-refractivity contribution in [1.29, 1.82) is 0 Å². The predicted octanol–water partition coefficient (Wildman–Crippen LogP) is 5.28. The number of hydrogen-bond acceptors (Lipinski definition) is 6. The molecule has 35 heavy (non-hydrogen) atoms. The number of aromatic nitrogens is 4. The van der Waals surface area contributed by atoms with Gasteiger partial charge in [0.25, 0.3) is 0 Å². The Kier molecular flexibility index (Phi) is 7.04. The average Bonchev–Trinajstić information content (AvgIpc) is 3.20. The zero-order valence-corrected chi connectivity index (χ0v) is 22.2. The summed E-state index contributed by atoms with van der Waals surface area (Å²) in [5, 5.41) is 8.52. The third-order valence-corrected chi connectivity index (χ3v) is 11.2. The highest BCUT2D eigenvalue weighted by Crippen LogP contribution is 2.37. The summed E-state index contributed by atoms with van der Waals surface area (Å²) < 4.78 is 23.3. The molecule has 0 spiro atoms. The maximum Gasteiger partial charge on any atom is 0.230 e. The van der Waals surface area contributed by atoms with Gasteiger partial charge in [-0.3, -0.25) is 9.58 Å². The van der Waals surface area contributed by atoms with Crippen LogP contribution in [0.1, 0.15) is 38.4 Å². The fourth-order valence-electron chi connectivity index (χ4n) is 3.34. The summed E-state index contributed by atoms with van der Waals surface area (Å²) in [4.78, 5) is 16.2. The van der Waals surface area contributed by atoms with Gasteiger partial charge in [0.05, 0.1) is 6.61 Å². The zero-order valence-electron chi connectivity index (χ0n) is 21.2. The molecule has 0 aliphatic carbocycles. The van der Waals surface area contributed by atoms with Gasteiger partial charge in [-0.2, -0.15) is 5.10 Å². The Morgan fingerprint density at radius 2 is 1.86 bits per heavy atom. The molecular formula is C25H33FN6O2Si. The van der Waals surface area contributed by atoms with Crippen LogP contribution in [0.15, 0.2) is 48.0 Å². The first-order valence-electron chi connectivity index (χ1n) is 11.7. The van der Waals surface area contributed by atoms with Crippen LogP contribution < -0.4 is 4.90 Å². The lowest BCUT2D eigenvalue weighted by molar-refractivity contribution is 0.125. The van der Waals surface area contributed by atoms with Crippen LogP contribution in [0.3, 0.4) is 0 Å². The average molecular weight is 497 g/mol. The lowest BCUT2D eigenvalue weighted by Crippen LogP contribution is -2.44. The van der Waals surface area contributed by atoms with Crippen molar-refractivity contribution < 1.29 is 13.7 Å². The number of benzene rings is 1. The molecule has 1 aliphatic rings. The molecule has 0 saturated carbocycles. The number of amidine groups is 1. The lowest BCUT2D eigenvalue weighted by Gasteiger charge is -2.36. The molecule has 0 unspecified atom stereocenters. The van der Waals surface area contributed by atoms with Gasteiger partial charge in [0, 0.05) is 55.3 Å². The van der Waals surface area contributed by atoms with Crippen LogP contribution in [0.4, 0.5) is 10.3 Å². The molecule has 8 nitrogen and oxygen atoms in total. The molecule has 1 saturated heterocycles. The van der Waals surface area contributed by atoms with Crippen molar-refractivity contribution in [3.8, 4) is 11.1 Å². The molecule has 4 rings (SSSR count). The summed E-state index contributed by atoms with van der Waals surface area (Å²) in [7, 11) is -0.126. The standard InChI is InChI=1S/C25H33FN6O2Si/c1-25(2,3)35(5,6)34-16-18-8-7-9-21(23(18)26)19-14-27-24(28-15-19)32-13-11-22(32)30-33-17-20-10-12-31(4)29-20/h7-10,12,14-15H,11,13,16-17H2,1-6H3. The van der Waals surface area contributed by atoms with Crippen LogP contribution in [-0.4, -0.2) is 40.4 Å². The van der Waals surface area contributed by atoms with Gasteiger partial charge >= 0.3 is 0 Å². The second-order valence-corrected chi connectivity index (χ2v) is 15.1. The quantitative estimate of drug-likeness (QED) is 0.312. The van der Waals surface area contributed by atoms with E-state index in [4.69, 9.17) is 9.26 Å². The van der Waals surface area contributed by atoms with Crippen molar-refractivity contribution in [2.75, 3.05) is 11.4 Å². The predicted molar refractivity (Wildman–Crippen MR) is 137 cm³/mol. The van der Waals surface area contributed by atoms with Crippen molar-refractivity contribution in [3.05, 3.63) is 59.9 Å². The molecule has 1 aromatic carbocycles. The Labute approximate surface area is 206 Å². The molecule has 0 N–H and O–H groups in total. The Morgan fingerprint density at radius 1 is 1.11 bits per heavy atom. The van der Waals surface area contributed by atoms with E-state index >= 15 is 4.39 Å². The topological polar surface area (TPSA) is 77.7 Å². The second kappa shape index (κ2) is 9.86. The number of oxime groups is 1. The minimum atomic E-state index is -1.98. The van der Waals surface area contributed by atoms with Crippen LogP contribution in [-0.2, 0) is 29.5 Å². The molecule has 0 bridgehead atoms. The third-order valence-electron chi connectivity index (χ3n) is 6.69. The van der Waals surface area contributed by atoms with E-state index in [9.17, 15) is 0 Å². The summed E-state index contributed by atoms with van der Waals surface area (Å²) >= 11 is 0. The fraction of sp³-hybridized carbons (Fsp3) is 0.440. The summed E-state index contributed by atoms with van der Waals surface area (Å²) in [6.45, 7) is 12.1. The van der Waals surface area contributed by atoms with E-state index in [-0.39, 0.29) is 17.5 Å². The van der Waals surface area contributed by atoms with Gasteiger partial charge in [0.1, 0.15) is 11.5 Å². The molecule has 1 aliphatic heterocycles. The number of nitrogens with zero attached hydrogens (tertiary/aromatic N) is 6. The van der Waals surface area contributed by atoms with E-state index < -0.39 is 8.32 Å². The molecule has 0 amide bonds. The van der Waals surface area contributed by atoms with E-state index in [2.05, 4.69) is 54.1 Å². The Morgan fingerprint density at radius 3 is 2.46 bits per heavy atom. The maximum absolute atomic E-state index is 15.3. The molecule has 0 atom stereocenters. The SMILES string of the molecule is Cn1ccc(CON=C2CCN2c2ncc(-c3cccc(CO[Si](C)(C)C(C)(C)C)c3F)cn2)n1. The van der Waals surface area contributed by atoms with Crippen LogP contribution in [0.25, 0.3) is 11.1 Å². The number of anilines is 1. The lowest BCUT2D eigenvalue weighted by atomic mass is 10.1. The summed E-state index contributed by atoms with van der Waals surface area (Å²) in [5.41, 5.74) is 2.43. The van der Waals surface area contributed by atoms with Crippen LogP contribution in [0.2, 0.25) is 18.1 Å². The van der Waals surface area contributed by atoms with Crippen LogP contribution in [0.5, 0.6) is 0 Å². The van der Waals surface area contributed by atoms with Crippen molar-refractivity contribution in [2.24, 2.45) is 12.2 Å². The second-order valence-electron chi connectivity index (χ2n) is 10.3. The number of hydrogen-bond donors (Lipinski definition) is 0. The van der Waals surface area contributed by atoms with Gasteiger partial charge < -0.3 is 9.26 Å². The number of rotatable bonds is 8. The van der Waals surface area contributed by atoms with Crippen LogP contribution in [0, 0.1) is 5.82 Å². The van der Waals surface area contributed by atoms with Crippen molar-refractivity contribution in [3.63, 3.8) is 0 Å². The van der Waals surface area contributed by atoms with Gasteiger partial charge in [0.2, 0.25) is 5.95 Å². The van der Waals surface area contributed by atoms with Gasteiger partial charge in [-0.15, -0.1) is 0 Å². The van der Waals surface area contributed by atoms with Gasteiger partial charge in [0.15, 0.2) is 20.8 Å². The first-order valence-corrected chi connectivity index (χ1v) is 14.6. The molecular weight excluding hydrogens is 463 g/mol. The van der Waals surface area contributed by atoms with E-state index in [1.165, 1.54) is 0 Å². The molecule has 186 valence electrons. The number of aryl methyl sites for hydroxylation is 1. The van der Waals surface area contributed by atoms with Crippen molar-refractivity contribution in [1.82, 2.24) is 19.7 Å². The van der Waals surface area contributed by atoms with E-state index in [0.29, 0.717) is 29.2 Å². The molecule has 3 aromatic rings. The fourth-order valence-corrected chi connectivity index (χ4v) is 4.28. The van der Waals surface area contributed by atoms with E-state index in [0.717, 1.165) is 24.5 Å². The van der Waals surface area contributed by atoms with Crippen LogP contribution >= 0.6 is 0 Å². The minimum Gasteiger partial charge on any atom is -0.412 e. The molecule has 10 heteroatoms. The summed E-state index contributed by atoms with van der Waals surface area (Å²) in [6, 6.07) is 7.24. The molecule has 0 radical (unpaired) electrons. The smallest absolute Gasteiger partial charge is 0.230 e. The highest BCUT2D eigenvalue weighted by Gasteiger charge is 2.37.